The lowest BCUT2D eigenvalue weighted by Gasteiger charge is -2.51. The molecule has 2 fully saturated rings. The number of rotatable bonds is 12. The molecule has 0 unspecified atom stereocenters. The standard InChI is InChI=1S/C36H49N3O11/c1-7-8-30-29-11-9-24-15-26(10-12-27(24)28(29)13-14-36(30,6)19-40)46-17-25-16-39(38-37-25)35-34(49-23(5)44)33(48-22(4)43)32(47-21(3)42)31(50-35)18-45-20(2)41/h10,12,15-16,28-35,40H,7-9,11,13-14,17-19H2,1-6H3/t28-,29-,30+,31-,32-,33+,34+,35+,36-/m1/s1. The highest BCUT2D eigenvalue weighted by Crippen LogP contribution is 2.56. The third-order valence-corrected chi connectivity index (χ3v) is 10.3. The number of nitrogens with zero attached hydrogens (tertiary/aromatic N) is 3. The summed E-state index contributed by atoms with van der Waals surface area (Å²) in [6.45, 7) is 9.15. The van der Waals surface area contributed by atoms with Gasteiger partial charge in [0.2, 0.25) is 0 Å². The van der Waals surface area contributed by atoms with Crippen molar-refractivity contribution in [1.82, 2.24) is 15.0 Å². The molecule has 1 aromatic carbocycles. The average molecular weight is 700 g/mol. The fraction of sp³-hybridized carbons (Fsp3) is 0.667. The van der Waals surface area contributed by atoms with Crippen molar-refractivity contribution in [3.8, 4) is 5.75 Å². The number of benzene rings is 1. The van der Waals surface area contributed by atoms with Gasteiger partial charge in [-0.2, -0.15) is 0 Å². The van der Waals surface area contributed by atoms with Crippen molar-refractivity contribution in [3.63, 3.8) is 0 Å². The van der Waals surface area contributed by atoms with Crippen molar-refractivity contribution in [2.75, 3.05) is 13.2 Å². The lowest BCUT2D eigenvalue weighted by molar-refractivity contribution is -0.270. The Morgan fingerprint density at radius 1 is 0.980 bits per heavy atom. The molecular weight excluding hydrogens is 650 g/mol. The Morgan fingerprint density at radius 3 is 2.34 bits per heavy atom. The Labute approximate surface area is 292 Å². The van der Waals surface area contributed by atoms with Crippen LogP contribution in [0.15, 0.2) is 24.4 Å². The van der Waals surface area contributed by atoms with E-state index < -0.39 is 54.5 Å². The molecule has 14 heteroatoms. The van der Waals surface area contributed by atoms with Crippen molar-refractivity contribution in [2.24, 2.45) is 17.3 Å². The first kappa shape index (κ1) is 37.2. The summed E-state index contributed by atoms with van der Waals surface area (Å²) in [5, 5.41) is 18.7. The van der Waals surface area contributed by atoms with E-state index in [0.717, 1.165) is 52.4 Å². The monoisotopic (exact) mass is 699 g/mol. The van der Waals surface area contributed by atoms with E-state index in [-0.39, 0.29) is 25.2 Å². The minimum Gasteiger partial charge on any atom is -0.487 e. The summed E-state index contributed by atoms with van der Waals surface area (Å²) >= 11 is 0. The van der Waals surface area contributed by atoms with Gasteiger partial charge in [0.25, 0.3) is 0 Å². The van der Waals surface area contributed by atoms with Crippen LogP contribution in [0.5, 0.6) is 5.75 Å². The second kappa shape index (κ2) is 15.9. The molecule has 5 rings (SSSR count). The predicted molar refractivity (Wildman–Crippen MR) is 175 cm³/mol. The third kappa shape index (κ3) is 8.28. The topological polar surface area (TPSA) is 175 Å². The number of hydrogen-bond donors (Lipinski definition) is 1. The molecule has 1 N–H and O–H groups in total. The third-order valence-electron chi connectivity index (χ3n) is 10.3. The molecule has 0 bridgehead atoms. The van der Waals surface area contributed by atoms with E-state index in [2.05, 4.69) is 36.3 Å². The van der Waals surface area contributed by atoms with Crippen molar-refractivity contribution in [1.29, 1.82) is 0 Å². The maximum atomic E-state index is 12.2. The molecule has 274 valence electrons. The van der Waals surface area contributed by atoms with Crippen LogP contribution in [-0.2, 0) is 55.9 Å². The van der Waals surface area contributed by atoms with Crippen LogP contribution in [0.3, 0.4) is 0 Å². The number of aryl methyl sites for hydroxylation is 1. The van der Waals surface area contributed by atoms with Crippen molar-refractivity contribution >= 4 is 23.9 Å². The van der Waals surface area contributed by atoms with E-state index in [0.29, 0.717) is 29.2 Å². The second-order valence-electron chi connectivity index (χ2n) is 14.0. The van der Waals surface area contributed by atoms with Crippen molar-refractivity contribution < 1.29 is 52.7 Å². The summed E-state index contributed by atoms with van der Waals surface area (Å²) in [7, 11) is 0. The van der Waals surface area contributed by atoms with E-state index in [1.807, 2.05) is 6.07 Å². The molecule has 2 aromatic rings. The molecule has 50 heavy (non-hydrogen) atoms. The summed E-state index contributed by atoms with van der Waals surface area (Å²) < 4.78 is 35.3. The molecule has 9 atom stereocenters. The summed E-state index contributed by atoms with van der Waals surface area (Å²) in [5.74, 6) is -0.511. The van der Waals surface area contributed by atoms with Crippen LogP contribution in [0.1, 0.15) is 103 Å². The maximum Gasteiger partial charge on any atom is 0.303 e. The Morgan fingerprint density at radius 2 is 1.68 bits per heavy atom. The van der Waals surface area contributed by atoms with Crippen LogP contribution in [0.2, 0.25) is 0 Å². The van der Waals surface area contributed by atoms with Crippen LogP contribution in [0.4, 0.5) is 0 Å². The normalized spacial score (nSPS) is 30.3. The zero-order valence-corrected chi connectivity index (χ0v) is 29.7. The SMILES string of the molecule is CCC[C@H]1[C@@H]2CCc3cc(OCc4cn([C@H]5O[C@H](COC(C)=O)[C@@H](OC(C)=O)[C@H](OC(C)=O)[C@@H]5OC(C)=O)nn4)ccc3[C@H]2CC[C@]1(C)CO. The van der Waals surface area contributed by atoms with Crippen molar-refractivity contribution in [2.45, 2.75) is 123 Å². The number of aromatic nitrogens is 3. The second-order valence-corrected chi connectivity index (χ2v) is 14.0. The predicted octanol–water partition coefficient (Wildman–Crippen LogP) is 3.97. The number of hydrogen-bond acceptors (Lipinski definition) is 13. The van der Waals surface area contributed by atoms with Gasteiger partial charge in [-0.1, -0.05) is 31.5 Å². The zero-order chi connectivity index (χ0) is 36.2. The molecule has 0 radical (unpaired) electrons. The highest BCUT2D eigenvalue weighted by atomic mass is 16.7. The van der Waals surface area contributed by atoms with Gasteiger partial charge in [0.15, 0.2) is 24.5 Å². The zero-order valence-electron chi connectivity index (χ0n) is 29.7. The molecule has 2 aliphatic carbocycles. The van der Waals surface area contributed by atoms with Gasteiger partial charge < -0.3 is 33.5 Å². The number of aliphatic hydroxyl groups excluding tert-OH is 1. The van der Waals surface area contributed by atoms with Gasteiger partial charge in [0.05, 0.1) is 6.20 Å². The molecule has 3 aliphatic rings. The lowest BCUT2D eigenvalue weighted by atomic mass is 9.54. The van der Waals surface area contributed by atoms with E-state index in [9.17, 15) is 24.3 Å². The Kier molecular flexibility index (Phi) is 11.8. The number of fused-ring (bicyclic) bond motifs is 3. The molecule has 2 heterocycles. The van der Waals surface area contributed by atoms with Crippen LogP contribution in [0, 0.1) is 17.3 Å². The van der Waals surface area contributed by atoms with E-state index in [1.54, 1.807) is 6.20 Å². The largest absolute Gasteiger partial charge is 0.487 e. The van der Waals surface area contributed by atoms with E-state index in [4.69, 9.17) is 28.4 Å². The molecule has 1 saturated heterocycles. The lowest BCUT2D eigenvalue weighted by Crippen LogP contribution is -2.60. The van der Waals surface area contributed by atoms with Crippen LogP contribution < -0.4 is 4.74 Å². The minimum absolute atomic E-state index is 0.0231. The number of carbonyl (C=O) groups excluding carboxylic acids is 4. The number of carbonyl (C=O) groups is 4. The van der Waals surface area contributed by atoms with Crippen molar-refractivity contribution in [3.05, 3.63) is 41.2 Å². The Balaban J connectivity index is 1.33. The molecule has 1 aliphatic heterocycles. The number of esters is 4. The molecule has 0 spiro atoms. The van der Waals surface area contributed by atoms with Crippen LogP contribution in [-0.4, -0.2) is 81.6 Å². The quantitative estimate of drug-likeness (QED) is 0.249. The number of aliphatic hydroxyl groups is 1. The fourth-order valence-electron chi connectivity index (χ4n) is 8.19. The smallest absolute Gasteiger partial charge is 0.303 e. The Bertz CT molecular complexity index is 1540. The van der Waals surface area contributed by atoms with Gasteiger partial charge in [-0.3, -0.25) is 19.2 Å². The van der Waals surface area contributed by atoms with Gasteiger partial charge in [-0.05, 0) is 78.5 Å². The summed E-state index contributed by atoms with van der Waals surface area (Å²) in [6, 6.07) is 6.27. The van der Waals surface area contributed by atoms with E-state index in [1.165, 1.54) is 29.7 Å². The fourth-order valence-corrected chi connectivity index (χ4v) is 8.19. The average Bonchev–Trinajstić information content (AvgIpc) is 3.54. The first-order valence-corrected chi connectivity index (χ1v) is 17.4. The van der Waals surface area contributed by atoms with Crippen LogP contribution >= 0.6 is 0 Å². The molecule has 0 amide bonds. The summed E-state index contributed by atoms with van der Waals surface area (Å²) in [4.78, 5) is 48.1. The molecule has 1 saturated carbocycles. The van der Waals surface area contributed by atoms with E-state index >= 15 is 0 Å². The first-order chi connectivity index (χ1) is 23.8. The van der Waals surface area contributed by atoms with Gasteiger partial charge in [0, 0.05) is 34.3 Å². The van der Waals surface area contributed by atoms with Gasteiger partial charge >= 0.3 is 23.9 Å². The molecular formula is C36H49N3O11. The van der Waals surface area contributed by atoms with Crippen LogP contribution in [0.25, 0.3) is 0 Å². The maximum absolute atomic E-state index is 12.2. The molecule has 14 nitrogen and oxygen atoms in total. The Hall–Kier alpha value is -4.04. The van der Waals surface area contributed by atoms with Gasteiger partial charge in [-0.25, -0.2) is 4.68 Å². The summed E-state index contributed by atoms with van der Waals surface area (Å²) in [6.07, 6.45) is 1.72. The van der Waals surface area contributed by atoms with Gasteiger partial charge in [0.1, 0.15) is 30.8 Å². The molecule has 1 aromatic heterocycles. The highest BCUT2D eigenvalue weighted by molar-refractivity contribution is 5.68. The number of ether oxygens (including phenoxy) is 6. The first-order valence-electron chi connectivity index (χ1n) is 17.4. The van der Waals surface area contributed by atoms with Gasteiger partial charge in [-0.15, -0.1) is 5.10 Å². The highest BCUT2D eigenvalue weighted by Gasteiger charge is 2.53. The minimum atomic E-state index is -1.32. The summed E-state index contributed by atoms with van der Waals surface area (Å²) in [5.41, 5.74) is 3.08.